The van der Waals surface area contributed by atoms with E-state index in [1.807, 2.05) is 18.3 Å². The standard InChI is InChI=1S/C15H21N3S/c1-10(2)15-18-9-14(19-15)8-17-7-12-4-11(3)5-13(16)6-12/h4-6,9-10,17H,7-8,16H2,1-3H3. The molecule has 1 aromatic heterocycles. The SMILES string of the molecule is Cc1cc(N)cc(CNCc2cnc(C(C)C)s2)c1. The summed E-state index contributed by atoms with van der Waals surface area (Å²) in [5, 5.41) is 4.64. The Bertz CT molecular complexity index is 526. The van der Waals surface area contributed by atoms with E-state index in [4.69, 9.17) is 5.73 Å². The van der Waals surface area contributed by atoms with Gasteiger partial charge in [-0.25, -0.2) is 4.98 Å². The fraction of sp³-hybridized carbons (Fsp3) is 0.400. The third-order valence-electron chi connectivity index (χ3n) is 2.85. The van der Waals surface area contributed by atoms with Crippen LogP contribution in [0, 0.1) is 6.92 Å². The van der Waals surface area contributed by atoms with E-state index in [2.05, 4.69) is 37.1 Å². The fourth-order valence-corrected chi connectivity index (χ4v) is 2.89. The highest BCUT2D eigenvalue weighted by Crippen LogP contribution is 2.21. The van der Waals surface area contributed by atoms with Crippen molar-refractivity contribution < 1.29 is 0 Å². The maximum absolute atomic E-state index is 5.84. The van der Waals surface area contributed by atoms with Gasteiger partial charge in [-0.2, -0.15) is 0 Å². The van der Waals surface area contributed by atoms with Gasteiger partial charge < -0.3 is 11.1 Å². The molecular formula is C15H21N3S. The van der Waals surface area contributed by atoms with Gasteiger partial charge in [0, 0.05) is 35.8 Å². The first-order valence-electron chi connectivity index (χ1n) is 6.56. The zero-order valence-corrected chi connectivity index (χ0v) is 12.6. The summed E-state index contributed by atoms with van der Waals surface area (Å²) in [6.45, 7) is 8.11. The van der Waals surface area contributed by atoms with Gasteiger partial charge >= 0.3 is 0 Å². The number of benzene rings is 1. The third-order valence-corrected chi connectivity index (χ3v) is 4.15. The molecule has 0 aliphatic heterocycles. The molecule has 3 nitrogen and oxygen atoms in total. The zero-order valence-electron chi connectivity index (χ0n) is 11.7. The number of aromatic nitrogens is 1. The van der Waals surface area contributed by atoms with Crippen LogP contribution in [0.5, 0.6) is 0 Å². The van der Waals surface area contributed by atoms with Crippen molar-refractivity contribution >= 4 is 17.0 Å². The number of thiazole rings is 1. The molecule has 0 spiro atoms. The third kappa shape index (κ3) is 4.04. The summed E-state index contributed by atoms with van der Waals surface area (Å²) in [6.07, 6.45) is 1.97. The summed E-state index contributed by atoms with van der Waals surface area (Å²) in [7, 11) is 0. The molecule has 0 radical (unpaired) electrons. The number of anilines is 1. The van der Waals surface area contributed by atoms with Crippen molar-refractivity contribution in [1.29, 1.82) is 0 Å². The van der Waals surface area contributed by atoms with Gasteiger partial charge in [0.1, 0.15) is 0 Å². The molecule has 0 unspecified atom stereocenters. The van der Waals surface area contributed by atoms with E-state index in [1.165, 1.54) is 21.0 Å². The van der Waals surface area contributed by atoms with Crippen LogP contribution in [0.2, 0.25) is 0 Å². The lowest BCUT2D eigenvalue weighted by molar-refractivity contribution is 0.700. The fourth-order valence-electron chi connectivity index (χ4n) is 2.00. The molecule has 3 N–H and O–H groups in total. The van der Waals surface area contributed by atoms with E-state index >= 15 is 0 Å². The van der Waals surface area contributed by atoms with Crippen LogP contribution in [-0.2, 0) is 13.1 Å². The lowest BCUT2D eigenvalue weighted by Gasteiger charge is -2.06. The van der Waals surface area contributed by atoms with Gasteiger partial charge in [-0.3, -0.25) is 0 Å². The molecular weight excluding hydrogens is 254 g/mol. The van der Waals surface area contributed by atoms with Gasteiger partial charge in [-0.05, 0) is 30.2 Å². The Kier molecular flexibility index (Phi) is 4.56. The highest BCUT2D eigenvalue weighted by molar-refractivity contribution is 7.11. The van der Waals surface area contributed by atoms with Crippen molar-refractivity contribution in [3.05, 3.63) is 45.4 Å². The van der Waals surface area contributed by atoms with Crippen LogP contribution >= 0.6 is 11.3 Å². The first kappa shape index (κ1) is 14.0. The molecule has 19 heavy (non-hydrogen) atoms. The average Bonchev–Trinajstić information content (AvgIpc) is 2.76. The molecule has 2 aromatic rings. The van der Waals surface area contributed by atoms with Crippen molar-refractivity contribution in [3.8, 4) is 0 Å². The molecule has 0 fully saturated rings. The number of hydrogen-bond donors (Lipinski definition) is 2. The highest BCUT2D eigenvalue weighted by atomic mass is 32.1. The van der Waals surface area contributed by atoms with E-state index < -0.39 is 0 Å². The second-order valence-electron chi connectivity index (χ2n) is 5.18. The quantitative estimate of drug-likeness (QED) is 0.822. The molecule has 0 saturated heterocycles. The number of nitrogen functional groups attached to an aromatic ring is 1. The average molecular weight is 275 g/mol. The van der Waals surface area contributed by atoms with Gasteiger partial charge in [0.05, 0.1) is 5.01 Å². The summed E-state index contributed by atoms with van der Waals surface area (Å²) < 4.78 is 0. The van der Waals surface area contributed by atoms with Crippen molar-refractivity contribution in [2.45, 2.75) is 39.8 Å². The largest absolute Gasteiger partial charge is 0.399 e. The number of nitrogens with two attached hydrogens (primary N) is 1. The van der Waals surface area contributed by atoms with Crippen molar-refractivity contribution in [3.63, 3.8) is 0 Å². The normalized spacial score (nSPS) is 11.2. The minimum absolute atomic E-state index is 0.510. The molecule has 0 amide bonds. The molecule has 102 valence electrons. The maximum Gasteiger partial charge on any atom is 0.0953 e. The number of nitrogens with one attached hydrogen (secondary N) is 1. The molecule has 0 atom stereocenters. The number of rotatable bonds is 5. The molecule has 0 aliphatic rings. The van der Waals surface area contributed by atoms with E-state index in [0.717, 1.165) is 18.8 Å². The summed E-state index contributed by atoms with van der Waals surface area (Å²) >= 11 is 1.78. The Morgan fingerprint density at radius 3 is 2.68 bits per heavy atom. The Morgan fingerprint density at radius 2 is 2.05 bits per heavy atom. The van der Waals surface area contributed by atoms with Gasteiger partial charge in [-0.1, -0.05) is 19.9 Å². The smallest absolute Gasteiger partial charge is 0.0953 e. The van der Waals surface area contributed by atoms with Crippen molar-refractivity contribution in [2.75, 3.05) is 5.73 Å². The van der Waals surface area contributed by atoms with Crippen molar-refractivity contribution in [2.24, 2.45) is 0 Å². The van der Waals surface area contributed by atoms with Crippen LogP contribution in [-0.4, -0.2) is 4.98 Å². The first-order chi connectivity index (χ1) is 9.04. The summed E-state index contributed by atoms with van der Waals surface area (Å²) in [5.41, 5.74) is 9.11. The predicted octanol–water partition coefficient (Wildman–Crippen LogP) is 3.45. The highest BCUT2D eigenvalue weighted by Gasteiger charge is 2.05. The Labute approximate surface area is 118 Å². The monoisotopic (exact) mass is 275 g/mol. The number of hydrogen-bond acceptors (Lipinski definition) is 4. The molecule has 0 aliphatic carbocycles. The number of aryl methyl sites for hydroxylation is 1. The Morgan fingerprint density at radius 1 is 1.26 bits per heavy atom. The predicted molar refractivity (Wildman–Crippen MR) is 82.3 cm³/mol. The van der Waals surface area contributed by atoms with E-state index in [0.29, 0.717) is 5.92 Å². The lowest BCUT2D eigenvalue weighted by atomic mass is 10.1. The van der Waals surface area contributed by atoms with Crippen LogP contribution in [0.3, 0.4) is 0 Å². The molecule has 4 heteroatoms. The minimum Gasteiger partial charge on any atom is -0.399 e. The molecule has 0 bridgehead atoms. The van der Waals surface area contributed by atoms with E-state index in [9.17, 15) is 0 Å². The lowest BCUT2D eigenvalue weighted by Crippen LogP contribution is -2.12. The Hall–Kier alpha value is -1.39. The molecule has 1 heterocycles. The van der Waals surface area contributed by atoms with Crippen LogP contribution in [0.4, 0.5) is 5.69 Å². The van der Waals surface area contributed by atoms with Crippen LogP contribution in [0.15, 0.2) is 24.4 Å². The van der Waals surface area contributed by atoms with Gasteiger partial charge in [0.25, 0.3) is 0 Å². The van der Waals surface area contributed by atoms with Crippen molar-refractivity contribution in [1.82, 2.24) is 10.3 Å². The van der Waals surface area contributed by atoms with Crippen LogP contribution < -0.4 is 11.1 Å². The van der Waals surface area contributed by atoms with Gasteiger partial charge in [-0.15, -0.1) is 11.3 Å². The van der Waals surface area contributed by atoms with Gasteiger partial charge in [0.15, 0.2) is 0 Å². The van der Waals surface area contributed by atoms with E-state index in [1.54, 1.807) is 11.3 Å². The molecule has 0 saturated carbocycles. The Balaban J connectivity index is 1.88. The minimum atomic E-state index is 0.510. The summed E-state index contributed by atoms with van der Waals surface area (Å²) in [5.74, 6) is 0.510. The van der Waals surface area contributed by atoms with Gasteiger partial charge in [0.2, 0.25) is 0 Å². The first-order valence-corrected chi connectivity index (χ1v) is 7.37. The summed E-state index contributed by atoms with van der Waals surface area (Å²) in [4.78, 5) is 5.71. The second kappa shape index (κ2) is 6.17. The topological polar surface area (TPSA) is 50.9 Å². The second-order valence-corrected chi connectivity index (χ2v) is 6.32. The number of nitrogens with zero attached hydrogens (tertiary/aromatic N) is 1. The van der Waals surface area contributed by atoms with E-state index in [-0.39, 0.29) is 0 Å². The molecule has 1 aromatic carbocycles. The summed E-state index contributed by atoms with van der Waals surface area (Å²) in [6, 6.07) is 6.17. The van der Waals surface area contributed by atoms with Crippen LogP contribution in [0.25, 0.3) is 0 Å². The van der Waals surface area contributed by atoms with Crippen LogP contribution in [0.1, 0.15) is 40.8 Å². The zero-order chi connectivity index (χ0) is 13.8. The molecule has 2 rings (SSSR count). The maximum atomic E-state index is 5.84.